The van der Waals surface area contributed by atoms with E-state index in [0.717, 1.165) is 42.1 Å². The van der Waals surface area contributed by atoms with Crippen LogP contribution in [0.4, 0.5) is 10.9 Å². The highest BCUT2D eigenvalue weighted by Crippen LogP contribution is 2.21. The summed E-state index contributed by atoms with van der Waals surface area (Å²) in [4.78, 5) is 14.4. The fourth-order valence-corrected chi connectivity index (χ4v) is 3.14. The van der Waals surface area contributed by atoms with Crippen LogP contribution in [0.3, 0.4) is 0 Å². The molecule has 0 amide bonds. The first-order chi connectivity index (χ1) is 9.79. The quantitative estimate of drug-likeness (QED) is 0.905. The standard InChI is InChI=1S/C14H19N5S/c1-10-7-17-14(20-10)19-13-9-16-8-12(18-13)6-11-2-4-15-5-3-11/h7-9,11,15H,2-6H2,1H3,(H,17,18,19). The van der Waals surface area contributed by atoms with Gasteiger partial charge in [0, 0.05) is 17.3 Å². The normalized spacial score (nSPS) is 16.2. The summed E-state index contributed by atoms with van der Waals surface area (Å²) in [6.07, 6.45) is 8.96. The summed E-state index contributed by atoms with van der Waals surface area (Å²) in [7, 11) is 0. The summed E-state index contributed by atoms with van der Waals surface area (Å²) < 4.78 is 0. The van der Waals surface area contributed by atoms with Gasteiger partial charge in [0.25, 0.3) is 0 Å². The molecule has 1 fully saturated rings. The molecule has 3 heterocycles. The maximum Gasteiger partial charge on any atom is 0.188 e. The Bertz CT molecular complexity index is 562. The van der Waals surface area contributed by atoms with Crippen LogP contribution in [0.15, 0.2) is 18.6 Å². The summed E-state index contributed by atoms with van der Waals surface area (Å²) in [5.41, 5.74) is 1.06. The van der Waals surface area contributed by atoms with E-state index in [1.54, 1.807) is 17.5 Å². The molecular weight excluding hydrogens is 270 g/mol. The van der Waals surface area contributed by atoms with E-state index in [-0.39, 0.29) is 0 Å². The molecule has 0 spiro atoms. The van der Waals surface area contributed by atoms with Crippen molar-refractivity contribution in [2.24, 2.45) is 5.92 Å². The predicted molar refractivity (Wildman–Crippen MR) is 81.5 cm³/mol. The maximum absolute atomic E-state index is 4.64. The van der Waals surface area contributed by atoms with Crippen LogP contribution in [0.25, 0.3) is 0 Å². The molecule has 2 aromatic rings. The van der Waals surface area contributed by atoms with Gasteiger partial charge in [-0.2, -0.15) is 0 Å². The van der Waals surface area contributed by atoms with Gasteiger partial charge in [0.2, 0.25) is 0 Å². The second-order valence-corrected chi connectivity index (χ2v) is 6.43. The molecule has 0 bridgehead atoms. The van der Waals surface area contributed by atoms with Gasteiger partial charge in [0.1, 0.15) is 0 Å². The smallest absolute Gasteiger partial charge is 0.188 e. The maximum atomic E-state index is 4.64. The second kappa shape index (κ2) is 6.28. The number of nitrogens with zero attached hydrogens (tertiary/aromatic N) is 3. The highest BCUT2D eigenvalue weighted by Gasteiger charge is 2.14. The van der Waals surface area contributed by atoms with Crippen LogP contribution in [0.1, 0.15) is 23.4 Å². The molecule has 1 aliphatic rings. The van der Waals surface area contributed by atoms with E-state index in [9.17, 15) is 0 Å². The lowest BCUT2D eigenvalue weighted by molar-refractivity contribution is 0.370. The van der Waals surface area contributed by atoms with Gasteiger partial charge in [0.15, 0.2) is 10.9 Å². The molecule has 5 nitrogen and oxygen atoms in total. The molecule has 6 heteroatoms. The molecule has 1 saturated heterocycles. The number of hydrogen-bond acceptors (Lipinski definition) is 6. The van der Waals surface area contributed by atoms with Crippen molar-refractivity contribution in [2.75, 3.05) is 18.4 Å². The van der Waals surface area contributed by atoms with Crippen LogP contribution in [0.5, 0.6) is 0 Å². The van der Waals surface area contributed by atoms with Gasteiger partial charge in [-0.15, -0.1) is 11.3 Å². The molecule has 0 aromatic carbocycles. The van der Waals surface area contributed by atoms with Crippen LogP contribution >= 0.6 is 11.3 Å². The number of hydrogen-bond donors (Lipinski definition) is 2. The van der Waals surface area contributed by atoms with Gasteiger partial charge in [-0.05, 0) is 45.2 Å². The van der Waals surface area contributed by atoms with E-state index < -0.39 is 0 Å². The van der Waals surface area contributed by atoms with E-state index in [4.69, 9.17) is 0 Å². The Morgan fingerprint density at radius 1 is 1.30 bits per heavy atom. The fourth-order valence-electron chi connectivity index (χ4n) is 2.47. The Morgan fingerprint density at radius 3 is 2.90 bits per heavy atom. The Balaban J connectivity index is 1.65. The molecule has 0 radical (unpaired) electrons. The molecule has 0 aliphatic carbocycles. The molecule has 2 N–H and O–H groups in total. The number of aromatic nitrogens is 3. The summed E-state index contributed by atoms with van der Waals surface area (Å²) in [6, 6.07) is 0. The van der Waals surface area contributed by atoms with Crippen LogP contribution in [-0.2, 0) is 6.42 Å². The van der Waals surface area contributed by atoms with E-state index in [0.29, 0.717) is 0 Å². The minimum atomic E-state index is 0.725. The summed E-state index contributed by atoms with van der Waals surface area (Å²) >= 11 is 1.63. The van der Waals surface area contributed by atoms with Gasteiger partial charge in [-0.3, -0.25) is 4.98 Å². The van der Waals surface area contributed by atoms with Crippen LogP contribution in [-0.4, -0.2) is 28.0 Å². The van der Waals surface area contributed by atoms with E-state index in [1.165, 1.54) is 17.7 Å². The number of aryl methyl sites for hydroxylation is 1. The summed E-state index contributed by atoms with van der Waals surface area (Å²) in [5, 5.41) is 7.49. The van der Waals surface area contributed by atoms with Crippen LogP contribution in [0.2, 0.25) is 0 Å². The zero-order valence-electron chi connectivity index (χ0n) is 11.6. The molecule has 106 valence electrons. The number of anilines is 2. The Hall–Kier alpha value is -1.53. The highest BCUT2D eigenvalue weighted by molar-refractivity contribution is 7.15. The first-order valence-electron chi connectivity index (χ1n) is 7.01. The highest BCUT2D eigenvalue weighted by atomic mass is 32.1. The third-order valence-corrected chi connectivity index (χ3v) is 4.33. The van der Waals surface area contributed by atoms with Gasteiger partial charge >= 0.3 is 0 Å². The van der Waals surface area contributed by atoms with Crippen molar-refractivity contribution in [3.05, 3.63) is 29.2 Å². The predicted octanol–water partition coefficient (Wildman–Crippen LogP) is 2.53. The first kappa shape index (κ1) is 13.5. The van der Waals surface area contributed by atoms with E-state index >= 15 is 0 Å². The topological polar surface area (TPSA) is 62.7 Å². The SMILES string of the molecule is Cc1cnc(Nc2cncc(CC3CCNCC3)n2)s1. The molecule has 0 unspecified atom stereocenters. The van der Waals surface area contributed by atoms with Crippen molar-refractivity contribution in [3.63, 3.8) is 0 Å². The average molecular weight is 289 g/mol. The van der Waals surface area contributed by atoms with E-state index in [1.807, 2.05) is 19.3 Å². The minimum absolute atomic E-state index is 0.725. The molecular formula is C14H19N5S. The van der Waals surface area contributed by atoms with Crippen molar-refractivity contribution >= 4 is 22.3 Å². The van der Waals surface area contributed by atoms with Gasteiger partial charge in [-0.1, -0.05) is 0 Å². The lowest BCUT2D eigenvalue weighted by Gasteiger charge is -2.22. The van der Waals surface area contributed by atoms with E-state index in [2.05, 4.69) is 25.6 Å². The number of rotatable bonds is 4. The largest absolute Gasteiger partial charge is 0.317 e. The Labute approximate surface area is 122 Å². The van der Waals surface area contributed by atoms with Crippen molar-refractivity contribution < 1.29 is 0 Å². The molecule has 0 saturated carbocycles. The monoisotopic (exact) mass is 289 g/mol. The van der Waals surface area contributed by atoms with Crippen molar-refractivity contribution in [3.8, 4) is 0 Å². The van der Waals surface area contributed by atoms with Gasteiger partial charge in [0.05, 0.1) is 11.9 Å². The number of nitrogens with one attached hydrogen (secondary N) is 2. The van der Waals surface area contributed by atoms with Crippen LogP contribution in [0, 0.1) is 12.8 Å². The van der Waals surface area contributed by atoms with Crippen molar-refractivity contribution in [1.82, 2.24) is 20.3 Å². The third-order valence-electron chi connectivity index (χ3n) is 3.50. The van der Waals surface area contributed by atoms with Crippen molar-refractivity contribution in [2.45, 2.75) is 26.2 Å². The second-order valence-electron chi connectivity index (χ2n) is 5.19. The zero-order chi connectivity index (χ0) is 13.8. The summed E-state index contributed by atoms with van der Waals surface area (Å²) in [6.45, 7) is 4.28. The molecule has 2 aromatic heterocycles. The number of thiazole rings is 1. The third kappa shape index (κ3) is 3.52. The first-order valence-corrected chi connectivity index (χ1v) is 7.82. The number of piperidine rings is 1. The molecule has 1 aliphatic heterocycles. The Morgan fingerprint density at radius 2 is 2.15 bits per heavy atom. The zero-order valence-corrected chi connectivity index (χ0v) is 12.4. The summed E-state index contributed by atoms with van der Waals surface area (Å²) in [5.74, 6) is 1.51. The fraction of sp³-hybridized carbons (Fsp3) is 0.500. The minimum Gasteiger partial charge on any atom is -0.317 e. The van der Waals surface area contributed by atoms with Gasteiger partial charge in [-0.25, -0.2) is 9.97 Å². The van der Waals surface area contributed by atoms with Gasteiger partial charge < -0.3 is 10.6 Å². The lowest BCUT2D eigenvalue weighted by atomic mass is 9.93. The lowest BCUT2D eigenvalue weighted by Crippen LogP contribution is -2.28. The average Bonchev–Trinajstić information content (AvgIpc) is 2.86. The van der Waals surface area contributed by atoms with Crippen LogP contribution < -0.4 is 10.6 Å². The molecule has 3 rings (SSSR count). The van der Waals surface area contributed by atoms with Crippen molar-refractivity contribution in [1.29, 1.82) is 0 Å². The Kier molecular flexibility index (Phi) is 4.22. The molecule has 0 atom stereocenters. The molecule has 20 heavy (non-hydrogen) atoms.